The summed E-state index contributed by atoms with van der Waals surface area (Å²) in [5.74, 6) is 0.132. The predicted molar refractivity (Wildman–Crippen MR) is 115 cm³/mol. The zero-order valence-electron chi connectivity index (χ0n) is 17.3. The van der Waals surface area contributed by atoms with E-state index in [1.165, 1.54) is 24.8 Å². The van der Waals surface area contributed by atoms with Crippen molar-refractivity contribution in [3.8, 4) is 0 Å². The summed E-state index contributed by atoms with van der Waals surface area (Å²) in [4.78, 5) is 29.6. The van der Waals surface area contributed by atoms with Crippen molar-refractivity contribution < 1.29 is 9.59 Å². The zero-order chi connectivity index (χ0) is 20.1. The van der Waals surface area contributed by atoms with Gasteiger partial charge in [0.1, 0.15) is 0 Å². The number of carbonyl (C=O) groups excluding carboxylic acids is 2. The van der Waals surface area contributed by atoms with Crippen molar-refractivity contribution in [2.75, 3.05) is 32.7 Å². The van der Waals surface area contributed by atoms with Crippen LogP contribution in [0.3, 0.4) is 0 Å². The SMILES string of the molecule is O=C(NC1CCCCC1)C1CC1C(=O)N1CCN(C/C=C/c2ccccc2)CC1. The molecule has 2 amide bonds. The van der Waals surface area contributed by atoms with Gasteiger partial charge in [-0.25, -0.2) is 0 Å². The number of hydrogen-bond donors (Lipinski definition) is 1. The summed E-state index contributed by atoms with van der Waals surface area (Å²) in [6.07, 6.45) is 11.0. The van der Waals surface area contributed by atoms with Crippen molar-refractivity contribution in [2.24, 2.45) is 11.8 Å². The van der Waals surface area contributed by atoms with Gasteiger partial charge in [-0.15, -0.1) is 0 Å². The summed E-state index contributed by atoms with van der Waals surface area (Å²) in [6, 6.07) is 10.7. The van der Waals surface area contributed by atoms with E-state index in [1.807, 2.05) is 23.1 Å². The van der Waals surface area contributed by atoms with E-state index in [4.69, 9.17) is 0 Å². The lowest BCUT2D eigenvalue weighted by Gasteiger charge is -2.34. The van der Waals surface area contributed by atoms with E-state index in [9.17, 15) is 9.59 Å². The highest BCUT2D eigenvalue weighted by molar-refractivity contribution is 5.92. The van der Waals surface area contributed by atoms with Gasteiger partial charge in [-0.2, -0.15) is 0 Å². The number of nitrogens with one attached hydrogen (secondary N) is 1. The molecule has 0 radical (unpaired) electrons. The molecule has 2 aliphatic carbocycles. The van der Waals surface area contributed by atoms with Gasteiger partial charge in [-0.1, -0.05) is 61.7 Å². The van der Waals surface area contributed by atoms with E-state index in [0.717, 1.165) is 52.0 Å². The van der Waals surface area contributed by atoms with Gasteiger partial charge in [0.05, 0.1) is 11.8 Å². The molecule has 1 N–H and O–H groups in total. The number of hydrogen-bond acceptors (Lipinski definition) is 3. The maximum atomic E-state index is 12.8. The molecule has 1 heterocycles. The molecule has 2 unspecified atom stereocenters. The minimum absolute atomic E-state index is 0.0804. The van der Waals surface area contributed by atoms with Crippen LogP contribution in [-0.4, -0.2) is 60.4 Å². The fraction of sp³-hybridized carbons (Fsp3) is 0.583. The molecule has 1 aromatic rings. The van der Waals surface area contributed by atoms with Crippen molar-refractivity contribution in [2.45, 2.75) is 44.6 Å². The Morgan fingerprint density at radius 1 is 0.966 bits per heavy atom. The lowest BCUT2D eigenvalue weighted by atomic mass is 9.95. The second kappa shape index (κ2) is 9.57. The lowest BCUT2D eigenvalue weighted by Crippen LogP contribution is -2.49. The molecule has 0 bridgehead atoms. The smallest absolute Gasteiger partial charge is 0.226 e. The first-order valence-corrected chi connectivity index (χ1v) is 11.2. The Morgan fingerprint density at radius 2 is 1.69 bits per heavy atom. The fourth-order valence-electron chi connectivity index (χ4n) is 4.60. The quantitative estimate of drug-likeness (QED) is 0.806. The number of rotatable bonds is 6. The largest absolute Gasteiger partial charge is 0.353 e. The molecule has 29 heavy (non-hydrogen) atoms. The van der Waals surface area contributed by atoms with Crippen molar-refractivity contribution >= 4 is 17.9 Å². The van der Waals surface area contributed by atoms with Gasteiger partial charge in [0.15, 0.2) is 0 Å². The van der Waals surface area contributed by atoms with Crippen molar-refractivity contribution in [3.05, 3.63) is 42.0 Å². The number of benzene rings is 1. The number of nitrogens with zero attached hydrogens (tertiary/aromatic N) is 2. The molecule has 1 aromatic carbocycles. The highest BCUT2D eigenvalue weighted by atomic mass is 16.2. The maximum absolute atomic E-state index is 12.8. The van der Waals surface area contributed by atoms with Crippen LogP contribution in [0.5, 0.6) is 0 Å². The van der Waals surface area contributed by atoms with Crippen LogP contribution >= 0.6 is 0 Å². The molecule has 0 spiro atoms. The van der Waals surface area contributed by atoms with Gasteiger partial charge in [-0.05, 0) is 24.8 Å². The van der Waals surface area contributed by atoms with E-state index in [0.29, 0.717) is 6.04 Å². The summed E-state index contributed by atoms with van der Waals surface area (Å²) in [5.41, 5.74) is 1.22. The van der Waals surface area contributed by atoms with Gasteiger partial charge in [-0.3, -0.25) is 14.5 Å². The number of carbonyl (C=O) groups is 2. The Bertz CT molecular complexity index is 719. The minimum atomic E-state index is -0.0868. The van der Waals surface area contributed by atoms with E-state index < -0.39 is 0 Å². The minimum Gasteiger partial charge on any atom is -0.353 e. The van der Waals surface area contributed by atoms with Crippen molar-refractivity contribution in [1.82, 2.24) is 15.1 Å². The molecule has 5 nitrogen and oxygen atoms in total. The third-order valence-corrected chi connectivity index (χ3v) is 6.55. The third kappa shape index (κ3) is 5.47. The Labute approximate surface area is 174 Å². The Kier molecular flexibility index (Phi) is 6.65. The Morgan fingerprint density at radius 3 is 2.41 bits per heavy atom. The summed E-state index contributed by atoms with van der Waals surface area (Å²) in [7, 11) is 0. The molecule has 2 atom stereocenters. The van der Waals surface area contributed by atoms with Crippen LogP contribution in [0.2, 0.25) is 0 Å². The van der Waals surface area contributed by atoms with Crippen LogP contribution in [0.25, 0.3) is 6.08 Å². The molecule has 0 aromatic heterocycles. The molecule has 3 fully saturated rings. The summed E-state index contributed by atoms with van der Waals surface area (Å²) >= 11 is 0. The van der Waals surface area contributed by atoms with E-state index >= 15 is 0 Å². The standard InChI is InChI=1S/C24H33N3O2/c28-23(25-20-11-5-2-6-12-20)21-18-22(21)24(29)27-16-14-26(15-17-27)13-7-10-19-8-3-1-4-9-19/h1,3-4,7-10,20-22H,2,5-6,11-18H2,(H,25,28)/b10-7+. The molecule has 156 valence electrons. The van der Waals surface area contributed by atoms with Crippen LogP contribution in [0, 0.1) is 11.8 Å². The molecule has 5 heteroatoms. The van der Waals surface area contributed by atoms with Crippen LogP contribution in [0.15, 0.2) is 36.4 Å². The average Bonchev–Trinajstić information content (AvgIpc) is 3.56. The first-order chi connectivity index (χ1) is 14.2. The normalized spacial score (nSPS) is 25.9. The summed E-state index contributed by atoms with van der Waals surface area (Å²) < 4.78 is 0. The van der Waals surface area contributed by atoms with Gasteiger partial charge in [0.25, 0.3) is 0 Å². The highest BCUT2D eigenvalue weighted by Crippen LogP contribution is 2.40. The third-order valence-electron chi connectivity index (χ3n) is 6.55. The monoisotopic (exact) mass is 395 g/mol. The number of piperazine rings is 1. The molecular weight excluding hydrogens is 362 g/mol. The Balaban J connectivity index is 1.17. The van der Waals surface area contributed by atoms with Crippen molar-refractivity contribution in [1.29, 1.82) is 0 Å². The van der Waals surface area contributed by atoms with E-state index in [1.54, 1.807) is 0 Å². The van der Waals surface area contributed by atoms with Crippen LogP contribution < -0.4 is 5.32 Å². The molecule has 1 saturated heterocycles. The second-order valence-corrected chi connectivity index (χ2v) is 8.73. The molecule has 2 saturated carbocycles. The molecule has 3 aliphatic rings. The van der Waals surface area contributed by atoms with Crippen molar-refractivity contribution in [3.63, 3.8) is 0 Å². The summed E-state index contributed by atoms with van der Waals surface area (Å²) in [6.45, 7) is 4.25. The first kappa shape index (κ1) is 20.1. The second-order valence-electron chi connectivity index (χ2n) is 8.73. The number of amides is 2. The van der Waals surface area contributed by atoms with Gasteiger partial charge in [0.2, 0.25) is 11.8 Å². The van der Waals surface area contributed by atoms with Gasteiger partial charge in [0, 0.05) is 38.8 Å². The zero-order valence-corrected chi connectivity index (χ0v) is 17.3. The molecule has 1 aliphatic heterocycles. The van der Waals surface area contributed by atoms with Crippen LogP contribution in [-0.2, 0) is 9.59 Å². The van der Waals surface area contributed by atoms with Gasteiger partial charge >= 0.3 is 0 Å². The molecular formula is C24H33N3O2. The van der Waals surface area contributed by atoms with Crippen LogP contribution in [0.1, 0.15) is 44.1 Å². The topological polar surface area (TPSA) is 52.7 Å². The van der Waals surface area contributed by atoms with E-state index in [2.05, 4.69) is 34.5 Å². The lowest BCUT2D eigenvalue weighted by molar-refractivity contribution is -0.136. The fourth-order valence-corrected chi connectivity index (χ4v) is 4.60. The average molecular weight is 396 g/mol. The first-order valence-electron chi connectivity index (χ1n) is 11.2. The van der Waals surface area contributed by atoms with Gasteiger partial charge < -0.3 is 10.2 Å². The predicted octanol–water partition coefficient (Wildman–Crippen LogP) is 2.93. The molecule has 4 rings (SSSR count). The highest BCUT2D eigenvalue weighted by Gasteiger charge is 2.50. The van der Waals surface area contributed by atoms with Crippen LogP contribution in [0.4, 0.5) is 0 Å². The van der Waals surface area contributed by atoms with E-state index in [-0.39, 0.29) is 23.7 Å². The summed E-state index contributed by atoms with van der Waals surface area (Å²) in [5, 5.41) is 3.19. The maximum Gasteiger partial charge on any atom is 0.226 e. The Hall–Kier alpha value is -2.14.